The van der Waals surface area contributed by atoms with E-state index in [2.05, 4.69) is 34.9 Å². The molecule has 242 valence electrons. The molecule has 1 N–H and O–H groups in total. The monoisotopic (exact) mass is 697 g/mol. The molecule has 9 nitrogen and oxygen atoms in total. The zero-order chi connectivity index (χ0) is 33.7. The van der Waals surface area contributed by atoms with Gasteiger partial charge in [-0.3, -0.25) is 4.79 Å². The van der Waals surface area contributed by atoms with Crippen LogP contribution in [0.3, 0.4) is 0 Å². The van der Waals surface area contributed by atoms with Gasteiger partial charge in [0, 0.05) is 5.56 Å². The second kappa shape index (κ2) is 14.6. The number of hydrogen-bond acceptors (Lipinski definition) is 7. The van der Waals surface area contributed by atoms with Gasteiger partial charge in [0.05, 0.1) is 40.4 Å². The summed E-state index contributed by atoms with van der Waals surface area (Å²) in [5.41, 5.74) is 4.51. The first-order valence-corrected chi connectivity index (χ1v) is 16.2. The van der Waals surface area contributed by atoms with Crippen molar-refractivity contribution in [3.63, 3.8) is 0 Å². The third-order valence-corrected chi connectivity index (χ3v) is 8.07. The third-order valence-electron chi connectivity index (χ3n) is 7.48. The van der Waals surface area contributed by atoms with E-state index in [0.717, 1.165) is 22.4 Å². The predicted octanol–water partition coefficient (Wildman–Crippen LogP) is 8.21. The number of aromatic nitrogens is 2. The number of carboxylic acids is 1. The summed E-state index contributed by atoms with van der Waals surface area (Å²) in [6.07, 6.45) is 1.59. The number of ether oxygens (including phenoxy) is 3. The number of fused-ring (bicyclic) bond motifs is 1. The zero-order valence-electron chi connectivity index (χ0n) is 26.9. The van der Waals surface area contributed by atoms with Gasteiger partial charge in [-0.05, 0) is 113 Å². The van der Waals surface area contributed by atoms with Crippen molar-refractivity contribution in [2.45, 2.75) is 47.1 Å². The van der Waals surface area contributed by atoms with Crippen molar-refractivity contribution >= 4 is 39.0 Å². The molecule has 0 spiro atoms. The molecular formula is C37H36BrN3O6. The lowest BCUT2D eigenvalue weighted by Gasteiger charge is -2.18. The Morgan fingerprint density at radius 1 is 0.979 bits per heavy atom. The van der Waals surface area contributed by atoms with Crippen molar-refractivity contribution in [2.75, 3.05) is 13.2 Å². The summed E-state index contributed by atoms with van der Waals surface area (Å²) in [6, 6.07) is 21.4. The Labute approximate surface area is 281 Å². The predicted molar refractivity (Wildman–Crippen MR) is 187 cm³/mol. The van der Waals surface area contributed by atoms with Crippen LogP contribution < -0.4 is 19.8 Å². The molecule has 0 fully saturated rings. The molecule has 1 heterocycles. The van der Waals surface area contributed by atoms with Gasteiger partial charge in [-0.25, -0.2) is 9.78 Å². The molecule has 5 rings (SSSR count). The molecule has 0 radical (unpaired) electrons. The van der Waals surface area contributed by atoms with Gasteiger partial charge in [-0.15, -0.1) is 0 Å². The van der Waals surface area contributed by atoms with Gasteiger partial charge in [0.2, 0.25) is 0 Å². The van der Waals surface area contributed by atoms with E-state index in [1.165, 1.54) is 10.7 Å². The normalized spacial score (nSPS) is 11.4. The number of hydrogen-bond donors (Lipinski definition) is 1. The first-order valence-electron chi connectivity index (χ1n) is 15.4. The van der Waals surface area contributed by atoms with E-state index in [1.54, 1.807) is 42.6 Å². The molecule has 47 heavy (non-hydrogen) atoms. The molecule has 0 unspecified atom stereocenters. The minimum absolute atomic E-state index is 0.133. The topological polar surface area (TPSA) is 112 Å². The number of carboxylic acid groups (broad SMARTS) is 1. The van der Waals surface area contributed by atoms with Crippen molar-refractivity contribution < 1.29 is 24.1 Å². The summed E-state index contributed by atoms with van der Waals surface area (Å²) in [6.45, 7) is 11.1. The van der Waals surface area contributed by atoms with E-state index in [9.17, 15) is 14.7 Å². The van der Waals surface area contributed by atoms with Crippen molar-refractivity contribution in [1.82, 2.24) is 9.66 Å². The fourth-order valence-corrected chi connectivity index (χ4v) is 5.79. The van der Waals surface area contributed by atoms with Crippen LogP contribution in [0, 0.1) is 6.92 Å². The van der Waals surface area contributed by atoms with Crippen LogP contribution in [-0.2, 0) is 6.61 Å². The highest BCUT2D eigenvalue weighted by Gasteiger charge is 2.19. The van der Waals surface area contributed by atoms with Gasteiger partial charge in [0.25, 0.3) is 5.56 Å². The number of benzene rings is 4. The Bertz CT molecular complexity index is 2040. The first kappa shape index (κ1) is 33.4. The van der Waals surface area contributed by atoms with Crippen LogP contribution in [0.2, 0.25) is 0 Å². The molecule has 1 aromatic heterocycles. The molecule has 0 aliphatic carbocycles. The number of aromatic carboxylic acids is 1. The minimum Gasteiger partial charge on any atom is -0.494 e. The minimum atomic E-state index is -1.01. The van der Waals surface area contributed by atoms with E-state index in [1.807, 2.05) is 51.1 Å². The standard InChI is InChI=1S/C37H36BrN3O6/c1-6-45-32-15-23(5)29(19-28(32)22(3)4)35-40-31-14-9-8-13-27(31)36(42)41(35)39-20-25-17-30(38)34(33(18-25)46-7-2)47-21-24-11-10-12-26(16-24)37(43)44/h8-20,22H,6-7,21H2,1-5H3,(H,43,44). The summed E-state index contributed by atoms with van der Waals surface area (Å²) >= 11 is 3.60. The van der Waals surface area contributed by atoms with E-state index < -0.39 is 5.97 Å². The molecule has 0 aliphatic rings. The number of halogens is 1. The average Bonchev–Trinajstić information content (AvgIpc) is 3.04. The van der Waals surface area contributed by atoms with E-state index in [4.69, 9.17) is 19.2 Å². The van der Waals surface area contributed by atoms with Crippen molar-refractivity contribution in [3.05, 3.63) is 115 Å². The SMILES string of the molecule is CCOc1cc(C)c(-c2nc3ccccc3c(=O)n2N=Cc2cc(Br)c(OCc3cccc(C(=O)O)c3)c(OCC)c2)cc1C(C)C. The third kappa shape index (κ3) is 7.38. The van der Waals surface area contributed by atoms with E-state index >= 15 is 0 Å². The second-order valence-electron chi connectivity index (χ2n) is 11.2. The van der Waals surface area contributed by atoms with Gasteiger partial charge >= 0.3 is 5.97 Å². The maximum Gasteiger partial charge on any atom is 0.335 e. The van der Waals surface area contributed by atoms with Gasteiger partial charge in [-0.2, -0.15) is 9.78 Å². The van der Waals surface area contributed by atoms with E-state index in [-0.39, 0.29) is 23.6 Å². The molecule has 4 aromatic carbocycles. The van der Waals surface area contributed by atoms with Crippen LogP contribution in [0.25, 0.3) is 22.3 Å². The molecule has 0 amide bonds. The average molecular weight is 699 g/mol. The number of rotatable bonds is 12. The summed E-state index contributed by atoms with van der Waals surface area (Å²) in [4.78, 5) is 30.2. The molecule has 0 aliphatic heterocycles. The van der Waals surface area contributed by atoms with Crippen LogP contribution >= 0.6 is 15.9 Å². The number of nitrogens with zero attached hydrogens (tertiary/aromatic N) is 3. The maximum atomic E-state index is 13.9. The Kier molecular flexibility index (Phi) is 10.4. The quantitative estimate of drug-likeness (QED) is 0.131. The highest BCUT2D eigenvalue weighted by Crippen LogP contribution is 2.38. The van der Waals surface area contributed by atoms with Crippen LogP contribution in [0.5, 0.6) is 17.2 Å². The second-order valence-corrected chi connectivity index (χ2v) is 12.0. The lowest BCUT2D eigenvalue weighted by molar-refractivity contribution is 0.0696. The van der Waals surface area contributed by atoms with Crippen LogP contribution in [0.4, 0.5) is 0 Å². The van der Waals surface area contributed by atoms with Crippen LogP contribution in [0.1, 0.15) is 66.2 Å². The van der Waals surface area contributed by atoms with Crippen molar-refractivity contribution in [1.29, 1.82) is 0 Å². The number of carbonyl (C=O) groups is 1. The van der Waals surface area contributed by atoms with Gasteiger partial charge in [0.1, 0.15) is 12.4 Å². The maximum absolute atomic E-state index is 13.9. The first-order chi connectivity index (χ1) is 22.6. The van der Waals surface area contributed by atoms with E-state index in [0.29, 0.717) is 57.0 Å². The summed E-state index contributed by atoms with van der Waals surface area (Å²) in [7, 11) is 0. The van der Waals surface area contributed by atoms with Crippen LogP contribution in [0.15, 0.2) is 87.2 Å². The Hall–Kier alpha value is -4.96. The number of aryl methyl sites for hydroxylation is 1. The van der Waals surface area contributed by atoms with Crippen molar-refractivity contribution in [3.8, 4) is 28.6 Å². The van der Waals surface area contributed by atoms with Gasteiger partial charge < -0.3 is 19.3 Å². The lowest BCUT2D eigenvalue weighted by atomic mass is 9.96. The summed E-state index contributed by atoms with van der Waals surface area (Å²) in [5, 5.41) is 14.5. The highest BCUT2D eigenvalue weighted by molar-refractivity contribution is 9.10. The molecular weight excluding hydrogens is 662 g/mol. The summed E-state index contributed by atoms with van der Waals surface area (Å²) < 4.78 is 19.9. The van der Waals surface area contributed by atoms with Crippen molar-refractivity contribution in [2.24, 2.45) is 5.10 Å². The molecule has 0 bridgehead atoms. The molecule has 5 aromatic rings. The largest absolute Gasteiger partial charge is 0.494 e. The van der Waals surface area contributed by atoms with Crippen LogP contribution in [-0.4, -0.2) is 40.2 Å². The van der Waals surface area contributed by atoms with Gasteiger partial charge in [-0.1, -0.05) is 38.1 Å². The summed E-state index contributed by atoms with van der Waals surface area (Å²) in [5.74, 6) is 1.32. The highest BCUT2D eigenvalue weighted by atomic mass is 79.9. The molecule has 10 heteroatoms. The Morgan fingerprint density at radius 2 is 1.72 bits per heavy atom. The fourth-order valence-electron chi connectivity index (χ4n) is 5.22. The molecule has 0 saturated heterocycles. The number of para-hydroxylation sites is 1. The zero-order valence-corrected chi connectivity index (χ0v) is 28.5. The molecule has 0 saturated carbocycles. The lowest BCUT2D eigenvalue weighted by Crippen LogP contribution is -2.21. The molecule has 0 atom stereocenters. The fraction of sp³-hybridized carbons (Fsp3) is 0.243. The smallest absolute Gasteiger partial charge is 0.335 e. The van der Waals surface area contributed by atoms with Gasteiger partial charge in [0.15, 0.2) is 17.3 Å². The Morgan fingerprint density at radius 3 is 2.45 bits per heavy atom. The Balaban J connectivity index is 1.57.